The fraction of sp³-hybridized carbons (Fsp3) is 0.547. The number of rotatable bonds is 20. The van der Waals surface area contributed by atoms with Crippen LogP contribution in [0.5, 0.6) is 23.0 Å². The summed E-state index contributed by atoms with van der Waals surface area (Å²) in [5, 5.41) is 54.2. The van der Waals surface area contributed by atoms with Gasteiger partial charge in [-0.2, -0.15) is 0 Å². The molecule has 0 saturated heterocycles. The van der Waals surface area contributed by atoms with E-state index in [1.54, 1.807) is 4.90 Å². The maximum Gasteiger partial charge on any atom is 0.341 e. The van der Waals surface area contributed by atoms with Crippen molar-refractivity contribution in [3.63, 3.8) is 0 Å². The highest BCUT2D eigenvalue weighted by Crippen LogP contribution is 2.48. The van der Waals surface area contributed by atoms with E-state index in [2.05, 4.69) is 65.8 Å². The lowest BCUT2D eigenvalue weighted by molar-refractivity contribution is -0.158. The van der Waals surface area contributed by atoms with E-state index >= 15 is 0 Å². The molecule has 5 N–H and O–H groups in total. The lowest BCUT2D eigenvalue weighted by atomic mass is 9.84. The number of aliphatic hydroxyl groups is 2. The largest absolute Gasteiger partial charge is 0.508 e. The number of nitrogens with zero attached hydrogens (tertiary/aromatic N) is 2. The van der Waals surface area contributed by atoms with Crippen molar-refractivity contribution in [3.05, 3.63) is 92.1 Å². The first-order valence-electron chi connectivity index (χ1n) is 23.7. The lowest BCUT2D eigenvalue weighted by Gasteiger charge is -2.41. The molecule has 0 bridgehead atoms. The Morgan fingerprint density at radius 3 is 1.69 bits per heavy atom. The number of hydrogen-bond donors (Lipinski definition) is 5. The summed E-state index contributed by atoms with van der Waals surface area (Å²) in [7, 11) is 0. The normalized spacial score (nSPS) is 22.5. The van der Waals surface area contributed by atoms with Crippen molar-refractivity contribution in [2.75, 3.05) is 13.2 Å². The molecule has 5 atom stereocenters. The first kappa shape index (κ1) is 50.8. The standard InChI is InChI=1S/C53H70N2O12/c1-31(2)14-9-16-33(5)18-11-21-52(7)44(58)26-37-42(56)24-35-39(47(37)66-52)28-54(49(35)62)23-13-20-41(51(64)65-30-46(60)61)55-29-40-36(50(55)63)25-43(57)38-27-45(59)53(8,67-48(38)40)22-12-19-34(6)17-10-15-32(3)4/h14-15,18-19,24-25,41,44-45,56-59H,9-13,16-17,20-23,26-30H2,1-8H3,(H,60,61)/b33-18+,34-19+/t41-,44-,45-,52+,53+/m0/s1. The SMILES string of the molecule is CC(C)=CCC/C(C)=C/CC[C@@]1(C)Oc2c(c(O)cc3c2CN(CCC[C@@H](C(=O)OCC(=O)O)N2Cc4c(cc(O)c5c4O[C@](C)(CC/C=C(\C)CCC=C(C)C)[C@@H](O)C5)C2=O)C3=O)C[C@@H]1O. The Morgan fingerprint density at radius 1 is 0.731 bits per heavy atom. The number of hydrogen-bond acceptors (Lipinski definition) is 11. The second-order valence-corrected chi connectivity index (χ2v) is 19.9. The third-order valence-corrected chi connectivity index (χ3v) is 13.8. The van der Waals surface area contributed by atoms with Crippen LogP contribution in [0.4, 0.5) is 0 Å². The molecule has 6 rings (SSSR count). The summed E-state index contributed by atoms with van der Waals surface area (Å²) in [5.41, 5.74) is 5.20. The van der Waals surface area contributed by atoms with E-state index in [0.29, 0.717) is 53.7 Å². The van der Waals surface area contributed by atoms with Gasteiger partial charge in [0.1, 0.15) is 40.2 Å². The predicted molar refractivity (Wildman–Crippen MR) is 253 cm³/mol. The summed E-state index contributed by atoms with van der Waals surface area (Å²) >= 11 is 0. The maximum absolute atomic E-state index is 14.2. The molecule has 4 aliphatic rings. The van der Waals surface area contributed by atoms with E-state index in [-0.39, 0.29) is 79.6 Å². The number of fused-ring (bicyclic) bond motifs is 6. The molecule has 14 heteroatoms. The van der Waals surface area contributed by atoms with Gasteiger partial charge in [-0.3, -0.25) is 9.59 Å². The molecule has 0 radical (unpaired) electrons. The monoisotopic (exact) mass is 926 g/mol. The maximum atomic E-state index is 14.2. The molecule has 2 aromatic carbocycles. The van der Waals surface area contributed by atoms with Gasteiger partial charge in [-0.05, 0) is 132 Å². The molecule has 67 heavy (non-hydrogen) atoms. The number of aliphatic carboxylic acids is 1. The van der Waals surface area contributed by atoms with Crippen LogP contribution in [0.15, 0.2) is 58.7 Å². The third-order valence-electron chi connectivity index (χ3n) is 13.8. The molecule has 2 amide bonds. The molecule has 0 spiro atoms. The number of allylic oxidation sites excluding steroid dienone is 8. The zero-order valence-electron chi connectivity index (χ0n) is 40.5. The fourth-order valence-corrected chi connectivity index (χ4v) is 9.62. The highest BCUT2D eigenvalue weighted by molar-refractivity contribution is 6.02. The van der Waals surface area contributed by atoms with Gasteiger partial charge in [-0.25, -0.2) is 9.59 Å². The average molecular weight is 927 g/mol. The van der Waals surface area contributed by atoms with Crippen LogP contribution in [0.2, 0.25) is 0 Å². The van der Waals surface area contributed by atoms with Gasteiger partial charge in [-0.1, -0.05) is 46.6 Å². The highest BCUT2D eigenvalue weighted by atomic mass is 16.6. The zero-order chi connectivity index (χ0) is 49.0. The van der Waals surface area contributed by atoms with E-state index < -0.39 is 53.9 Å². The number of carbonyl (C=O) groups excluding carboxylic acids is 3. The number of carboxylic acid groups (broad SMARTS) is 1. The molecule has 0 saturated carbocycles. The van der Waals surface area contributed by atoms with Crippen LogP contribution in [0, 0.1) is 0 Å². The van der Waals surface area contributed by atoms with Crippen molar-refractivity contribution in [1.29, 1.82) is 0 Å². The quantitative estimate of drug-likeness (QED) is 0.0627. The second-order valence-electron chi connectivity index (χ2n) is 19.9. The van der Waals surface area contributed by atoms with Crippen LogP contribution >= 0.6 is 0 Å². The first-order valence-corrected chi connectivity index (χ1v) is 23.7. The number of carbonyl (C=O) groups is 4. The molecular formula is C53H70N2O12. The molecule has 0 aliphatic carbocycles. The molecule has 0 fully saturated rings. The van der Waals surface area contributed by atoms with Crippen molar-refractivity contribution >= 4 is 23.8 Å². The number of ether oxygens (including phenoxy) is 3. The van der Waals surface area contributed by atoms with Gasteiger partial charge in [0.25, 0.3) is 11.8 Å². The van der Waals surface area contributed by atoms with E-state index in [9.17, 15) is 44.7 Å². The fourth-order valence-electron chi connectivity index (χ4n) is 9.62. The van der Waals surface area contributed by atoms with Gasteiger partial charge in [0.2, 0.25) is 0 Å². The van der Waals surface area contributed by atoms with Crippen molar-refractivity contribution < 1.29 is 58.9 Å². The summed E-state index contributed by atoms with van der Waals surface area (Å²) in [6, 6.07) is 1.47. The zero-order valence-corrected chi connectivity index (χ0v) is 40.5. The molecule has 0 aromatic heterocycles. The van der Waals surface area contributed by atoms with E-state index in [4.69, 9.17) is 14.2 Å². The minimum absolute atomic E-state index is 0.00550. The van der Waals surface area contributed by atoms with Crippen molar-refractivity contribution in [2.24, 2.45) is 0 Å². The Kier molecular flexibility index (Phi) is 16.0. The first-order chi connectivity index (χ1) is 31.6. The Bertz CT molecular complexity index is 2370. The number of benzene rings is 2. The number of phenolic OH excluding ortho intramolecular Hbond substituents is 2. The minimum Gasteiger partial charge on any atom is -0.508 e. The molecule has 4 aliphatic heterocycles. The molecule has 4 heterocycles. The van der Waals surface area contributed by atoms with Crippen molar-refractivity contribution in [3.8, 4) is 23.0 Å². The highest BCUT2D eigenvalue weighted by Gasteiger charge is 2.47. The van der Waals surface area contributed by atoms with Crippen LogP contribution < -0.4 is 9.47 Å². The minimum atomic E-state index is -1.37. The Morgan fingerprint density at radius 2 is 1.21 bits per heavy atom. The molecule has 2 aromatic rings. The molecule has 0 unspecified atom stereocenters. The number of carboxylic acids is 1. The van der Waals surface area contributed by atoms with Gasteiger partial charge in [0, 0.05) is 41.6 Å². The van der Waals surface area contributed by atoms with E-state index in [0.717, 1.165) is 25.7 Å². The summed E-state index contributed by atoms with van der Waals surface area (Å²) in [4.78, 5) is 56.1. The Labute approximate surface area is 394 Å². The smallest absolute Gasteiger partial charge is 0.341 e. The van der Waals surface area contributed by atoms with E-state index in [1.165, 1.54) is 39.3 Å². The van der Waals surface area contributed by atoms with Crippen LogP contribution in [-0.2, 0) is 40.3 Å². The van der Waals surface area contributed by atoms with Crippen LogP contribution in [-0.4, -0.2) is 102 Å². The van der Waals surface area contributed by atoms with Crippen LogP contribution in [0.3, 0.4) is 0 Å². The van der Waals surface area contributed by atoms with Gasteiger partial charge in [0.15, 0.2) is 6.61 Å². The molecule has 364 valence electrons. The number of esters is 1. The summed E-state index contributed by atoms with van der Waals surface area (Å²) in [6.45, 7) is 15.4. The van der Waals surface area contributed by atoms with Gasteiger partial charge in [-0.15, -0.1) is 0 Å². The lowest BCUT2D eigenvalue weighted by Crippen LogP contribution is -2.49. The average Bonchev–Trinajstić information content (AvgIpc) is 3.74. The van der Waals surface area contributed by atoms with Crippen molar-refractivity contribution in [1.82, 2.24) is 9.80 Å². The molecular weight excluding hydrogens is 857 g/mol. The van der Waals surface area contributed by atoms with Gasteiger partial charge in [0.05, 0.1) is 36.4 Å². The van der Waals surface area contributed by atoms with Gasteiger partial charge < -0.3 is 49.5 Å². The number of aromatic hydroxyl groups is 2. The number of amides is 2. The Hall–Kier alpha value is -5.60. The van der Waals surface area contributed by atoms with Crippen molar-refractivity contribution in [2.45, 2.75) is 175 Å². The number of aliphatic hydroxyl groups excluding tert-OH is 2. The van der Waals surface area contributed by atoms with E-state index in [1.807, 2.05) is 13.8 Å². The van der Waals surface area contributed by atoms with Crippen LogP contribution in [0.1, 0.15) is 163 Å². The molecule has 14 nitrogen and oxygen atoms in total. The topological polar surface area (TPSA) is 204 Å². The third kappa shape index (κ3) is 11.6. The van der Waals surface area contributed by atoms with Crippen LogP contribution in [0.25, 0.3) is 0 Å². The second kappa shape index (κ2) is 21.1. The summed E-state index contributed by atoms with van der Waals surface area (Å²) < 4.78 is 18.3. The summed E-state index contributed by atoms with van der Waals surface area (Å²) in [6.07, 6.45) is 13.3. The predicted octanol–water partition coefficient (Wildman–Crippen LogP) is 8.54. The number of phenols is 2. The van der Waals surface area contributed by atoms with Gasteiger partial charge >= 0.3 is 11.9 Å². The Balaban J connectivity index is 1.16. The summed E-state index contributed by atoms with van der Waals surface area (Å²) in [5.74, 6) is -2.94.